The summed E-state index contributed by atoms with van der Waals surface area (Å²) in [5.41, 5.74) is 0.670. The molecule has 0 unspecified atom stereocenters. The Morgan fingerprint density at radius 1 is 1.16 bits per heavy atom. The van der Waals surface area contributed by atoms with E-state index in [1.165, 1.54) is 24.3 Å². The Kier molecular flexibility index (Phi) is 4.91. The molecule has 0 spiro atoms. The second kappa shape index (κ2) is 6.21. The molecule has 0 aliphatic rings. The number of carbonyl (C=O) groups excluding carboxylic acids is 1. The van der Waals surface area contributed by atoms with Gasteiger partial charge in [-0.05, 0) is 24.1 Å². The number of nitrogens with one attached hydrogen (secondary N) is 1. The first-order valence-corrected chi connectivity index (χ1v) is 5.43. The first-order valence-electron chi connectivity index (χ1n) is 5.43. The number of carboxylic acids is 1. The number of amides is 1. The first-order chi connectivity index (χ1) is 8.78. The van der Waals surface area contributed by atoms with Gasteiger partial charge in [-0.2, -0.15) is 13.2 Å². The summed E-state index contributed by atoms with van der Waals surface area (Å²) in [4.78, 5) is 21.7. The van der Waals surface area contributed by atoms with Gasteiger partial charge in [-0.25, -0.2) is 0 Å². The second-order valence-corrected chi connectivity index (χ2v) is 3.89. The molecule has 1 aromatic rings. The standard InChI is InChI=1S/C12H12F3NO3/c13-12(14,15)6-5-8-1-3-9(4-2-8)11(19)16-7-10(17)18/h1-4H,5-7H2,(H,16,19)(H,17,18). The molecule has 0 aliphatic heterocycles. The Labute approximate surface area is 107 Å². The Bertz CT molecular complexity index is 454. The largest absolute Gasteiger partial charge is 0.480 e. The zero-order valence-electron chi connectivity index (χ0n) is 9.83. The van der Waals surface area contributed by atoms with Crippen molar-refractivity contribution in [2.45, 2.75) is 19.0 Å². The number of rotatable bonds is 5. The van der Waals surface area contributed by atoms with Crippen molar-refractivity contribution in [1.29, 1.82) is 0 Å². The van der Waals surface area contributed by atoms with Gasteiger partial charge in [0.15, 0.2) is 0 Å². The summed E-state index contributed by atoms with van der Waals surface area (Å²) in [5.74, 6) is -1.75. The molecule has 104 valence electrons. The highest BCUT2D eigenvalue weighted by molar-refractivity contribution is 5.95. The normalized spacial score (nSPS) is 11.1. The molecule has 0 radical (unpaired) electrons. The van der Waals surface area contributed by atoms with Gasteiger partial charge < -0.3 is 10.4 Å². The van der Waals surface area contributed by atoms with Crippen LogP contribution in [-0.4, -0.2) is 29.7 Å². The van der Waals surface area contributed by atoms with Crippen molar-refractivity contribution in [3.05, 3.63) is 35.4 Å². The maximum Gasteiger partial charge on any atom is 0.389 e. The second-order valence-electron chi connectivity index (χ2n) is 3.89. The predicted molar refractivity (Wildman–Crippen MR) is 60.8 cm³/mol. The van der Waals surface area contributed by atoms with Crippen molar-refractivity contribution >= 4 is 11.9 Å². The highest BCUT2D eigenvalue weighted by atomic mass is 19.4. The number of carbonyl (C=O) groups is 2. The van der Waals surface area contributed by atoms with E-state index in [2.05, 4.69) is 5.32 Å². The molecule has 0 bridgehead atoms. The zero-order valence-corrected chi connectivity index (χ0v) is 9.83. The molecule has 7 heteroatoms. The molecule has 1 aromatic carbocycles. The van der Waals surface area contributed by atoms with E-state index < -0.39 is 31.0 Å². The van der Waals surface area contributed by atoms with E-state index >= 15 is 0 Å². The number of aliphatic carboxylic acids is 1. The highest BCUT2D eigenvalue weighted by Crippen LogP contribution is 2.22. The third-order valence-corrected chi connectivity index (χ3v) is 2.31. The third-order valence-electron chi connectivity index (χ3n) is 2.31. The number of halogens is 3. The lowest BCUT2D eigenvalue weighted by Gasteiger charge is -2.07. The minimum Gasteiger partial charge on any atom is -0.480 e. The minimum absolute atomic E-state index is 0.152. The summed E-state index contributed by atoms with van der Waals surface area (Å²) in [6, 6.07) is 5.56. The molecule has 0 saturated carbocycles. The van der Waals surface area contributed by atoms with E-state index in [0.717, 1.165) is 0 Å². The lowest BCUT2D eigenvalue weighted by Crippen LogP contribution is -2.29. The van der Waals surface area contributed by atoms with Gasteiger partial charge in [-0.15, -0.1) is 0 Å². The van der Waals surface area contributed by atoms with E-state index in [0.29, 0.717) is 5.56 Å². The van der Waals surface area contributed by atoms with Crippen LogP contribution in [0.2, 0.25) is 0 Å². The van der Waals surface area contributed by atoms with E-state index in [4.69, 9.17) is 5.11 Å². The Balaban J connectivity index is 2.56. The van der Waals surface area contributed by atoms with E-state index in [1.807, 2.05) is 0 Å². The van der Waals surface area contributed by atoms with Crippen molar-refractivity contribution in [2.24, 2.45) is 0 Å². The number of hydrogen-bond acceptors (Lipinski definition) is 2. The maximum absolute atomic E-state index is 12.0. The quantitative estimate of drug-likeness (QED) is 0.863. The van der Waals surface area contributed by atoms with Crippen molar-refractivity contribution in [1.82, 2.24) is 5.32 Å². The van der Waals surface area contributed by atoms with Crippen molar-refractivity contribution in [3.8, 4) is 0 Å². The van der Waals surface area contributed by atoms with Crippen LogP contribution in [0.25, 0.3) is 0 Å². The van der Waals surface area contributed by atoms with Crippen LogP contribution in [0.1, 0.15) is 22.3 Å². The number of aryl methyl sites for hydroxylation is 1. The topological polar surface area (TPSA) is 66.4 Å². The van der Waals surface area contributed by atoms with Crippen LogP contribution >= 0.6 is 0 Å². The summed E-state index contributed by atoms with van der Waals surface area (Å²) in [6.45, 7) is -0.505. The number of hydrogen-bond donors (Lipinski definition) is 2. The molecule has 4 nitrogen and oxygen atoms in total. The molecule has 0 heterocycles. The SMILES string of the molecule is O=C(O)CNC(=O)c1ccc(CCC(F)(F)F)cc1. The van der Waals surface area contributed by atoms with Gasteiger partial charge in [-0.3, -0.25) is 9.59 Å². The number of alkyl halides is 3. The maximum atomic E-state index is 12.0. The van der Waals surface area contributed by atoms with Crippen LogP contribution in [-0.2, 0) is 11.2 Å². The van der Waals surface area contributed by atoms with Crippen molar-refractivity contribution in [2.75, 3.05) is 6.54 Å². The molecule has 0 atom stereocenters. The summed E-state index contributed by atoms with van der Waals surface area (Å²) >= 11 is 0. The van der Waals surface area contributed by atoms with Gasteiger partial charge in [0.1, 0.15) is 6.54 Å². The average Bonchev–Trinajstić information content (AvgIpc) is 2.33. The molecule has 0 saturated heterocycles. The van der Waals surface area contributed by atoms with Crippen LogP contribution in [0.5, 0.6) is 0 Å². The summed E-state index contributed by atoms with van der Waals surface area (Å²) in [5, 5.41) is 10.5. The van der Waals surface area contributed by atoms with Crippen LogP contribution in [0.3, 0.4) is 0 Å². The monoisotopic (exact) mass is 275 g/mol. The van der Waals surface area contributed by atoms with Gasteiger partial charge in [0, 0.05) is 12.0 Å². The summed E-state index contributed by atoms with van der Waals surface area (Å²) in [6.07, 6.45) is -5.28. The molecule has 2 N–H and O–H groups in total. The molecule has 1 amide bonds. The smallest absolute Gasteiger partial charge is 0.389 e. The lowest BCUT2D eigenvalue weighted by atomic mass is 10.1. The van der Waals surface area contributed by atoms with Gasteiger partial charge in [0.05, 0.1) is 0 Å². The van der Waals surface area contributed by atoms with E-state index in [-0.39, 0.29) is 12.0 Å². The first kappa shape index (κ1) is 15.0. The third kappa shape index (κ3) is 5.89. The van der Waals surface area contributed by atoms with Gasteiger partial charge in [-0.1, -0.05) is 12.1 Å². The van der Waals surface area contributed by atoms with Crippen LogP contribution < -0.4 is 5.32 Å². The fourth-order valence-electron chi connectivity index (χ4n) is 1.37. The molecule has 0 aliphatic carbocycles. The van der Waals surface area contributed by atoms with Crippen molar-refractivity contribution in [3.63, 3.8) is 0 Å². The predicted octanol–water partition coefficient (Wildman–Crippen LogP) is 2.00. The van der Waals surface area contributed by atoms with Crippen LogP contribution in [0, 0.1) is 0 Å². The molecule has 0 aromatic heterocycles. The van der Waals surface area contributed by atoms with E-state index in [9.17, 15) is 22.8 Å². The van der Waals surface area contributed by atoms with Gasteiger partial charge in [0.2, 0.25) is 0 Å². The number of benzene rings is 1. The number of carboxylic acid groups (broad SMARTS) is 1. The molecule has 0 fully saturated rings. The van der Waals surface area contributed by atoms with Gasteiger partial charge in [0.25, 0.3) is 5.91 Å². The minimum atomic E-state index is -4.21. The summed E-state index contributed by atoms with van der Waals surface area (Å²) in [7, 11) is 0. The van der Waals surface area contributed by atoms with Crippen molar-refractivity contribution < 1.29 is 27.9 Å². The molecular formula is C12H12F3NO3. The van der Waals surface area contributed by atoms with E-state index in [1.54, 1.807) is 0 Å². The fraction of sp³-hybridized carbons (Fsp3) is 0.333. The highest BCUT2D eigenvalue weighted by Gasteiger charge is 2.26. The molecular weight excluding hydrogens is 263 g/mol. The molecule has 19 heavy (non-hydrogen) atoms. The van der Waals surface area contributed by atoms with Crippen LogP contribution in [0.15, 0.2) is 24.3 Å². The average molecular weight is 275 g/mol. The fourth-order valence-corrected chi connectivity index (χ4v) is 1.37. The lowest BCUT2D eigenvalue weighted by molar-refractivity contribution is -0.136. The summed E-state index contributed by atoms with van der Waals surface area (Å²) < 4.78 is 36.0. The zero-order chi connectivity index (χ0) is 14.5. The Morgan fingerprint density at radius 3 is 2.21 bits per heavy atom. The van der Waals surface area contributed by atoms with Crippen LogP contribution in [0.4, 0.5) is 13.2 Å². The Hall–Kier alpha value is -2.05. The Morgan fingerprint density at radius 2 is 1.74 bits per heavy atom. The van der Waals surface area contributed by atoms with Gasteiger partial charge >= 0.3 is 12.1 Å². The molecule has 1 rings (SSSR count).